The first-order valence-electron chi connectivity index (χ1n) is 10.7. The molecule has 6 nitrogen and oxygen atoms in total. The number of furan rings is 1. The lowest BCUT2D eigenvalue weighted by molar-refractivity contribution is 0.0992. The van der Waals surface area contributed by atoms with Crippen LogP contribution in [0.5, 0.6) is 5.75 Å². The van der Waals surface area contributed by atoms with Gasteiger partial charge >= 0.3 is 0 Å². The number of carbonyl (C=O) groups is 1. The van der Waals surface area contributed by atoms with Crippen LogP contribution in [0.3, 0.4) is 0 Å². The molecule has 1 amide bonds. The third kappa shape index (κ3) is 4.65. The van der Waals surface area contributed by atoms with Crippen LogP contribution in [0, 0.1) is 23.3 Å². The van der Waals surface area contributed by atoms with Gasteiger partial charge in [0.25, 0.3) is 5.91 Å². The van der Waals surface area contributed by atoms with Gasteiger partial charge in [-0.3, -0.25) is 9.48 Å². The molecule has 0 aliphatic carbocycles. The first-order valence-corrected chi connectivity index (χ1v) is 10.7. The molecule has 36 heavy (non-hydrogen) atoms. The van der Waals surface area contributed by atoms with Crippen molar-refractivity contribution in [3.8, 4) is 5.75 Å². The number of benzene rings is 3. The molecule has 0 aliphatic rings. The summed E-state index contributed by atoms with van der Waals surface area (Å²) in [5.74, 6) is -5.76. The minimum absolute atomic E-state index is 0.0111. The maximum Gasteiger partial charge on any atom is 0.291 e. The fraction of sp³-hybridized carbons (Fsp3) is 0.0769. The standard InChI is InChI=1S/C26H17F4N3O3/c27-20-10-21(28)25(30)24(29)19(20)13-33-12-16(11-31-33)32-26(34)23-9-8-17(36-23)14-35-22-7-3-5-15-4-1-2-6-18(15)22/h1-12H,13-14H2,(H,32,34). The van der Waals surface area contributed by atoms with Gasteiger partial charge in [0.2, 0.25) is 0 Å². The second-order valence-electron chi connectivity index (χ2n) is 7.86. The highest BCUT2D eigenvalue weighted by Crippen LogP contribution is 2.26. The van der Waals surface area contributed by atoms with Crippen LogP contribution in [-0.4, -0.2) is 15.7 Å². The normalized spacial score (nSPS) is 11.1. The van der Waals surface area contributed by atoms with E-state index in [1.54, 1.807) is 6.07 Å². The highest BCUT2D eigenvalue weighted by atomic mass is 19.2. The minimum atomic E-state index is -1.77. The van der Waals surface area contributed by atoms with Crippen molar-refractivity contribution in [3.05, 3.63) is 113 Å². The molecule has 1 N–H and O–H groups in total. The largest absolute Gasteiger partial charge is 0.485 e. The van der Waals surface area contributed by atoms with E-state index in [1.165, 1.54) is 18.5 Å². The summed E-state index contributed by atoms with van der Waals surface area (Å²) < 4.78 is 66.9. The SMILES string of the molecule is O=C(Nc1cnn(Cc2c(F)cc(F)c(F)c2F)c1)c1ccc(COc2cccc3ccccc23)o1. The van der Waals surface area contributed by atoms with Gasteiger partial charge in [-0.25, -0.2) is 17.6 Å². The van der Waals surface area contributed by atoms with E-state index in [9.17, 15) is 22.4 Å². The summed E-state index contributed by atoms with van der Waals surface area (Å²) >= 11 is 0. The monoisotopic (exact) mass is 495 g/mol. The summed E-state index contributed by atoms with van der Waals surface area (Å²) in [6.07, 6.45) is 2.52. The molecule has 0 saturated heterocycles. The number of carbonyl (C=O) groups excluding carboxylic acids is 1. The van der Waals surface area contributed by atoms with Gasteiger partial charge in [0.15, 0.2) is 23.2 Å². The summed E-state index contributed by atoms with van der Waals surface area (Å²) in [6, 6.07) is 16.8. The van der Waals surface area contributed by atoms with E-state index in [-0.39, 0.29) is 24.1 Å². The number of hydrogen-bond donors (Lipinski definition) is 1. The highest BCUT2D eigenvalue weighted by molar-refractivity contribution is 6.02. The lowest BCUT2D eigenvalue weighted by Crippen LogP contribution is -2.11. The van der Waals surface area contributed by atoms with E-state index in [0.29, 0.717) is 11.5 Å². The van der Waals surface area contributed by atoms with Gasteiger partial charge in [-0.15, -0.1) is 0 Å². The molecule has 2 aromatic heterocycles. The number of halogens is 4. The zero-order valence-corrected chi connectivity index (χ0v) is 18.5. The van der Waals surface area contributed by atoms with Crippen molar-refractivity contribution in [2.45, 2.75) is 13.2 Å². The Morgan fingerprint density at radius 1 is 0.972 bits per heavy atom. The van der Waals surface area contributed by atoms with Crippen molar-refractivity contribution >= 4 is 22.4 Å². The smallest absolute Gasteiger partial charge is 0.291 e. The first-order chi connectivity index (χ1) is 17.4. The van der Waals surface area contributed by atoms with Crippen LogP contribution in [0.2, 0.25) is 0 Å². The zero-order valence-electron chi connectivity index (χ0n) is 18.5. The van der Waals surface area contributed by atoms with E-state index in [0.717, 1.165) is 15.5 Å². The molecule has 0 radical (unpaired) electrons. The van der Waals surface area contributed by atoms with Crippen LogP contribution in [0.4, 0.5) is 23.2 Å². The second kappa shape index (κ2) is 9.57. The summed E-state index contributed by atoms with van der Waals surface area (Å²) in [4.78, 5) is 12.5. The molecule has 0 spiro atoms. The third-order valence-corrected chi connectivity index (χ3v) is 5.43. The maximum atomic E-state index is 13.9. The summed E-state index contributed by atoms with van der Waals surface area (Å²) in [5, 5.41) is 8.42. The molecule has 0 unspecified atom stereocenters. The van der Waals surface area contributed by atoms with Crippen molar-refractivity contribution in [1.29, 1.82) is 0 Å². The fourth-order valence-corrected chi connectivity index (χ4v) is 3.67. The van der Waals surface area contributed by atoms with Gasteiger partial charge in [-0.1, -0.05) is 36.4 Å². The summed E-state index contributed by atoms with van der Waals surface area (Å²) in [5.41, 5.74) is -0.495. The van der Waals surface area contributed by atoms with Crippen molar-refractivity contribution < 1.29 is 31.5 Å². The number of ether oxygens (including phenoxy) is 1. The molecule has 2 heterocycles. The van der Waals surface area contributed by atoms with Crippen LogP contribution in [0.25, 0.3) is 10.8 Å². The predicted molar refractivity (Wildman–Crippen MR) is 123 cm³/mol. The summed E-state index contributed by atoms with van der Waals surface area (Å²) in [7, 11) is 0. The van der Waals surface area contributed by atoms with Crippen molar-refractivity contribution in [2.24, 2.45) is 0 Å². The molecule has 0 fully saturated rings. The highest BCUT2D eigenvalue weighted by Gasteiger charge is 2.20. The number of amides is 1. The molecule has 182 valence electrons. The van der Waals surface area contributed by atoms with Gasteiger partial charge in [0.1, 0.15) is 23.9 Å². The Morgan fingerprint density at radius 3 is 2.64 bits per heavy atom. The predicted octanol–water partition coefficient (Wildman–Crippen LogP) is 6.07. The number of anilines is 1. The molecule has 0 saturated carbocycles. The van der Waals surface area contributed by atoms with Gasteiger partial charge in [0, 0.05) is 23.2 Å². The molecular weight excluding hydrogens is 478 g/mol. The Labute approximate surface area is 201 Å². The Balaban J connectivity index is 1.22. The Morgan fingerprint density at radius 2 is 1.78 bits per heavy atom. The Bertz CT molecular complexity index is 1570. The lowest BCUT2D eigenvalue weighted by Gasteiger charge is -2.08. The van der Waals surface area contributed by atoms with Gasteiger partial charge in [0.05, 0.1) is 18.4 Å². The van der Waals surface area contributed by atoms with Gasteiger partial charge in [-0.05, 0) is 23.6 Å². The number of rotatable bonds is 7. The van der Waals surface area contributed by atoms with Crippen LogP contribution in [0.15, 0.2) is 77.5 Å². The van der Waals surface area contributed by atoms with E-state index in [4.69, 9.17) is 9.15 Å². The first kappa shape index (κ1) is 23.2. The lowest BCUT2D eigenvalue weighted by atomic mass is 10.1. The number of nitrogens with zero attached hydrogens (tertiary/aromatic N) is 2. The molecule has 0 bridgehead atoms. The number of nitrogens with one attached hydrogen (secondary N) is 1. The third-order valence-electron chi connectivity index (χ3n) is 5.43. The molecule has 0 aliphatic heterocycles. The Hall–Kier alpha value is -4.60. The van der Waals surface area contributed by atoms with Crippen LogP contribution in [0.1, 0.15) is 21.9 Å². The van der Waals surface area contributed by atoms with Crippen molar-refractivity contribution in [1.82, 2.24) is 9.78 Å². The minimum Gasteiger partial charge on any atom is -0.485 e. The molecule has 0 atom stereocenters. The molecule has 10 heteroatoms. The van der Waals surface area contributed by atoms with Crippen LogP contribution >= 0.6 is 0 Å². The Kier molecular flexibility index (Phi) is 6.16. The zero-order chi connectivity index (χ0) is 25.2. The number of aromatic nitrogens is 2. The van der Waals surface area contributed by atoms with Gasteiger partial charge in [-0.2, -0.15) is 5.10 Å². The van der Waals surface area contributed by atoms with E-state index in [2.05, 4.69) is 10.4 Å². The second-order valence-corrected chi connectivity index (χ2v) is 7.86. The van der Waals surface area contributed by atoms with E-state index < -0.39 is 41.3 Å². The van der Waals surface area contributed by atoms with Gasteiger partial charge < -0.3 is 14.5 Å². The average Bonchev–Trinajstić information content (AvgIpc) is 3.53. The number of fused-ring (bicyclic) bond motifs is 1. The molecular formula is C26H17F4N3O3. The van der Waals surface area contributed by atoms with Crippen LogP contribution < -0.4 is 10.1 Å². The molecule has 3 aromatic carbocycles. The topological polar surface area (TPSA) is 69.3 Å². The van der Waals surface area contributed by atoms with Crippen molar-refractivity contribution in [3.63, 3.8) is 0 Å². The fourth-order valence-electron chi connectivity index (χ4n) is 3.67. The number of hydrogen-bond acceptors (Lipinski definition) is 4. The van der Waals surface area contributed by atoms with E-state index >= 15 is 0 Å². The van der Waals surface area contributed by atoms with Crippen molar-refractivity contribution in [2.75, 3.05) is 5.32 Å². The molecule has 5 rings (SSSR count). The average molecular weight is 495 g/mol. The van der Waals surface area contributed by atoms with Crippen LogP contribution in [-0.2, 0) is 13.2 Å². The maximum absolute atomic E-state index is 13.9. The quantitative estimate of drug-likeness (QED) is 0.169. The summed E-state index contributed by atoms with van der Waals surface area (Å²) in [6.45, 7) is -0.411. The molecule has 5 aromatic rings. The van der Waals surface area contributed by atoms with E-state index in [1.807, 2.05) is 42.5 Å².